The molecule has 3 heteroatoms. The lowest BCUT2D eigenvalue weighted by atomic mass is 9.98. The number of hydrogen-bond acceptors (Lipinski definition) is 2. The molecule has 1 aliphatic heterocycles. The van der Waals surface area contributed by atoms with Gasteiger partial charge in [0.25, 0.3) is 0 Å². The van der Waals surface area contributed by atoms with E-state index >= 15 is 0 Å². The fourth-order valence-electron chi connectivity index (χ4n) is 2.80. The van der Waals surface area contributed by atoms with E-state index in [1.807, 2.05) is 18.2 Å². The molecule has 0 radical (unpaired) electrons. The lowest BCUT2D eigenvalue weighted by Crippen LogP contribution is -2.40. The zero-order chi connectivity index (χ0) is 13.3. The van der Waals surface area contributed by atoms with Crippen molar-refractivity contribution >= 4 is 5.97 Å². The molecule has 1 atom stereocenters. The number of nitrogens with zero attached hydrogens (tertiary/aromatic N) is 1. The van der Waals surface area contributed by atoms with Crippen LogP contribution in [0.5, 0.6) is 0 Å². The highest BCUT2D eigenvalue weighted by molar-refractivity contribution is 5.87. The van der Waals surface area contributed by atoms with Crippen LogP contribution in [0, 0.1) is 0 Å². The van der Waals surface area contributed by atoms with Gasteiger partial charge in [-0.25, -0.2) is 4.79 Å². The van der Waals surface area contributed by atoms with Crippen LogP contribution in [-0.2, 0) is 0 Å². The summed E-state index contributed by atoms with van der Waals surface area (Å²) in [5.41, 5.74) is 1.64. The van der Waals surface area contributed by atoms with Crippen LogP contribution in [0.25, 0.3) is 0 Å². The van der Waals surface area contributed by atoms with Crippen LogP contribution < -0.4 is 0 Å². The van der Waals surface area contributed by atoms with Gasteiger partial charge < -0.3 is 5.11 Å². The molecule has 1 aromatic carbocycles. The van der Waals surface area contributed by atoms with Crippen LogP contribution in [-0.4, -0.2) is 28.1 Å². The number of rotatable bonds is 2. The minimum atomic E-state index is -0.850. The van der Waals surface area contributed by atoms with Crippen LogP contribution in [0.3, 0.4) is 0 Å². The van der Waals surface area contributed by atoms with Crippen molar-refractivity contribution in [2.24, 2.45) is 0 Å². The van der Waals surface area contributed by atoms with Gasteiger partial charge >= 0.3 is 5.97 Å². The number of aromatic carboxylic acids is 1. The fourth-order valence-corrected chi connectivity index (χ4v) is 2.80. The topological polar surface area (TPSA) is 40.5 Å². The van der Waals surface area contributed by atoms with Gasteiger partial charge in [0.2, 0.25) is 0 Å². The summed E-state index contributed by atoms with van der Waals surface area (Å²) in [5.74, 6) is -0.850. The molecule has 18 heavy (non-hydrogen) atoms. The Bertz CT molecular complexity index is 448. The second kappa shape index (κ2) is 4.73. The quantitative estimate of drug-likeness (QED) is 0.871. The van der Waals surface area contributed by atoms with E-state index in [9.17, 15) is 4.79 Å². The Hall–Kier alpha value is -1.35. The van der Waals surface area contributed by atoms with Crippen molar-refractivity contribution in [2.45, 2.75) is 45.2 Å². The molecule has 1 unspecified atom stereocenters. The molecule has 1 aliphatic rings. The Morgan fingerprint density at radius 3 is 2.72 bits per heavy atom. The molecule has 0 bridgehead atoms. The van der Waals surface area contributed by atoms with Gasteiger partial charge in [-0.3, -0.25) is 4.90 Å². The first-order valence-corrected chi connectivity index (χ1v) is 6.49. The van der Waals surface area contributed by atoms with Crippen LogP contribution >= 0.6 is 0 Å². The van der Waals surface area contributed by atoms with E-state index in [0.29, 0.717) is 11.6 Å². The molecule has 1 aromatic rings. The molecule has 0 spiro atoms. The monoisotopic (exact) mass is 247 g/mol. The van der Waals surface area contributed by atoms with E-state index in [4.69, 9.17) is 5.11 Å². The van der Waals surface area contributed by atoms with Crippen molar-refractivity contribution in [1.29, 1.82) is 0 Å². The highest BCUT2D eigenvalue weighted by Crippen LogP contribution is 2.37. The van der Waals surface area contributed by atoms with Gasteiger partial charge in [-0.2, -0.15) is 0 Å². The summed E-state index contributed by atoms with van der Waals surface area (Å²) in [5, 5.41) is 9.06. The fraction of sp³-hybridized carbons (Fsp3) is 0.533. The highest BCUT2D eigenvalue weighted by Gasteiger charge is 2.33. The zero-order valence-corrected chi connectivity index (χ0v) is 11.3. The largest absolute Gasteiger partial charge is 0.478 e. The normalized spacial score (nSPS) is 21.2. The van der Waals surface area contributed by atoms with Gasteiger partial charge in [0.15, 0.2) is 0 Å². The molecule has 98 valence electrons. The van der Waals surface area contributed by atoms with Gasteiger partial charge in [-0.1, -0.05) is 12.1 Å². The second-order valence-electron chi connectivity index (χ2n) is 5.95. The third-order valence-corrected chi connectivity index (χ3v) is 3.63. The first-order valence-electron chi connectivity index (χ1n) is 6.49. The Morgan fingerprint density at radius 1 is 1.39 bits per heavy atom. The number of carboxylic acid groups (broad SMARTS) is 1. The number of hydrogen-bond donors (Lipinski definition) is 1. The summed E-state index contributed by atoms with van der Waals surface area (Å²) in [7, 11) is 0. The Balaban J connectivity index is 2.30. The summed E-state index contributed by atoms with van der Waals surface area (Å²) in [6, 6.07) is 7.71. The van der Waals surface area contributed by atoms with E-state index in [0.717, 1.165) is 18.5 Å². The molecule has 0 saturated carbocycles. The smallest absolute Gasteiger partial charge is 0.335 e. The summed E-state index contributed by atoms with van der Waals surface area (Å²) in [6.07, 6.45) is 2.29. The maximum Gasteiger partial charge on any atom is 0.335 e. The van der Waals surface area contributed by atoms with E-state index in [1.54, 1.807) is 6.07 Å². The number of likely N-dealkylation sites (tertiary alicyclic amines) is 1. The first-order chi connectivity index (χ1) is 8.39. The van der Waals surface area contributed by atoms with Crippen molar-refractivity contribution in [2.75, 3.05) is 6.54 Å². The van der Waals surface area contributed by atoms with Crippen molar-refractivity contribution in [1.82, 2.24) is 4.90 Å². The molecule has 0 aliphatic carbocycles. The number of carboxylic acids is 1. The number of benzene rings is 1. The van der Waals surface area contributed by atoms with E-state index in [2.05, 4.69) is 25.7 Å². The number of carbonyl (C=O) groups is 1. The molecule has 1 fully saturated rings. The van der Waals surface area contributed by atoms with Crippen molar-refractivity contribution in [3.8, 4) is 0 Å². The van der Waals surface area contributed by atoms with Gasteiger partial charge in [-0.05, 0) is 57.9 Å². The molecule has 3 nitrogen and oxygen atoms in total. The Morgan fingerprint density at radius 2 is 2.11 bits per heavy atom. The minimum absolute atomic E-state index is 0.125. The molecule has 1 heterocycles. The lowest BCUT2D eigenvalue weighted by molar-refractivity contribution is 0.0696. The molecule has 0 aromatic heterocycles. The van der Waals surface area contributed by atoms with Gasteiger partial charge in [0, 0.05) is 11.6 Å². The molecule has 2 rings (SSSR count). The lowest BCUT2D eigenvalue weighted by Gasteiger charge is -2.37. The molecular formula is C15H21NO2. The maximum absolute atomic E-state index is 11.0. The van der Waals surface area contributed by atoms with E-state index in [1.165, 1.54) is 6.42 Å². The summed E-state index contributed by atoms with van der Waals surface area (Å²) in [4.78, 5) is 13.5. The van der Waals surface area contributed by atoms with Crippen LogP contribution in [0.1, 0.15) is 55.6 Å². The first kappa shape index (κ1) is 13.1. The van der Waals surface area contributed by atoms with E-state index in [-0.39, 0.29) is 5.54 Å². The summed E-state index contributed by atoms with van der Waals surface area (Å²) in [6.45, 7) is 7.73. The zero-order valence-electron chi connectivity index (χ0n) is 11.3. The van der Waals surface area contributed by atoms with Crippen LogP contribution in [0.2, 0.25) is 0 Å². The van der Waals surface area contributed by atoms with Crippen LogP contribution in [0.4, 0.5) is 0 Å². The van der Waals surface area contributed by atoms with Gasteiger partial charge in [-0.15, -0.1) is 0 Å². The van der Waals surface area contributed by atoms with Gasteiger partial charge in [0.1, 0.15) is 0 Å². The van der Waals surface area contributed by atoms with Crippen molar-refractivity contribution < 1.29 is 9.90 Å². The average molecular weight is 247 g/mol. The Labute approximate surface area is 108 Å². The van der Waals surface area contributed by atoms with Crippen molar-refractivity contribution in [3.63, 3.8) is 0 Å². The maximum atomic E-state index is 11.0. The third kappa shape index (κ3) is 2.56. The standard InChI is InChI=1S/C15H21NO2/c1-15(2,3)16-9-5-8-13(16)11-6-4-7-12(10-11)14(17)18/h4,6-7,10,13H,5,8-9H2,1-3H3,(H,17,18). The highest BCUT2D eigenvalue weighted by atomic mass is 16.4. The SMILES string of the molecule is CC(C)(C)N1CCCC1c1cccc(C(=O)O)c1. The molecule has 1 saturated heterocycles. The third-order valence-electron chi connectivity index (χ3n) is 3.63. The van der Waals surface area contributed by atoms with E-state index < -0.39 is 5.97 Å². The molecule has 0 amide bonds. The van der Waals surface area contributed by atoms with Crippen LogP contribution in [0.15, 0.2) is 24.3 Å². The Kier molecular flexibility index (Phi) is 3.44. The predicted molar refractivity (Wildman–Crippen MR) is 71.8 cm³/mol. The second-order valence-corrected chi connectivity index (χ2v) is 5.95. The van der Waals surface area contributed by atoms with Gasteiger partial charge in [0.05, 0.1) is 5.56 Å². The van der Waals surface area contributed by atoms with Crippen molar-refractivity contribution in [3.05, 3.63) is 35.4 Å². The molecule has 1 N–H and O–H groups in total. The minimum Gasteiger partial charge on any atom is -0.478 e. The average Bonchev–Trinajstić information content (AvgIpc) is 2.77. The predicted octanol–water partition coefficient (Wildman–Crippen LogP) is 3.32. The summed E-state index contributed by atoms with van der Waals surface area (Å²) >= 11 is 0. The summed E-state index contributed by atoms with van der Waals surface area (Å²) < 4.78 is 0. The molecular weight excluding hydrogens is 226 g/mol.